The maximum absolute atomic E-state index is 12.7. The number of hydrogen-bond acceptors (Lipinski definition) is 3. The first kappa shape index (κ1) is 20.1. The summed E-state index contributed by atoms with van der Waals surface area (Å²) in [5.74, 6) is 0.0637. The fourth-order valence-electron chi connectivity index (χ4n) is 3.64. The number of aromatic nitrogens is 2. The SMILES string of the molecule is Cc1ccc(-c2nn(Cc3ccccc3)cc2/C=C/C(=O)N2CCN(C)CC2)cc1. The van der Waals surface area contributed by atoms with Crippen LogP contribution in [0.5, 0.6) is 0 Å². The number of rotatable bonds is 5. The second-order valence-electron chi connectivity index (χ2n) is 7.94. The molecule has 1 aliphatic heterocycles. The highest BCUT2D eigenvalue weighted by Crippen LogP contribution is 2.24. The lowest BCUT2D eigenvalue weighted by Crippen LogP contribution is -2.46. The smallest absolute Gasteiger partial charge is 0.246 e. The molecular weight excluding hydrogens is 372 g/mol. The number of aryl methyl sites for hydroxylation is 1. The largest absolute Gasteiger partial charge is 0.337 e. The molecule has 4 rings (SSSR count). The van der Waals surface area contributed by atoms with E-state index in [-0.39, 0.29) is 5.91 Å². The van der Waals surface area contributed by atoms with Crippen LogP contribution in [0, 0.1) is 6.92 Å². The molecular formula is C25H28N4O. The van der Waals surface area contributed by atoms with Crippen molar-refractivity contribution in [1.82, 2.24) is 19.6 Å². The van der Waals surface area contributed by atoms with Crippen LogP contribution in [0.15, 0.2) is 66.9 Å². The van der Waals surface area contributed by atoms with Crippen molar-refractivity contribution in [3.8, 4) is 11.3 Å². The minimum atomic E-state index is 0.0637. The number of likely N-dealkylation sites (N-methyl/N-ethyl adjacent to an activating group) is 1. The Morgan fingerprint density at radius 2 is 1.70 bits per heavy atom. The lowest BCUT2D eigenvalue weighted by molar-refractivity contribution is -0.127. The molecule has 5 heteroatoms. The predicted molar refractivity (Wildman–Crippen MR) is 121 cm³/mol. The fraction of sp³-hybridized carbons (Fsp3) is 0.280. The molecule has 0 atom stereocenters. The summed E-state index contributed by atoms with van der Waals surface area (Å²) < 4.78 is 1.95. The molecule has 1 saturated heterocycles. The number of hydrogen-bond donors (Lipinski definition) is 0. The van der Waals surface area contributed by atoms with E-state index in [0.717, 1.165) is 43.0 Å². The van der Waals surface area contributed by atoms with Crippen LogP contribution in [-0.4, -0.2) is 58.7 Å². The second kappa shape index (κ2) is 9.09. The minimum Gasteiger partial charge on any atom is -0.337 e. The van der Waals surface area contributed by atoms with Crippen molar-refractivity contribution in [2.24, 2.45) is 0 Å². The highest BCUT2D eigenvalue weighted by molar-refractivity contribution is 5.93. The molecule has 154 valence electrons. The Balaban J connectivity index is 1.59. The van der Waals surface area contributed by atoms with E-state index in [2.05, 4.69) is 55.3 Å². The van der Waals surface area contributed by atoms with Gasteiger partial charge in [-0.2, -0.15) is 5.10 Å². The van der Waals surface area contributed by atoms with Gasteiger partial charge < -0.3 is 9.80 Å². The molecule has 0 radical (unpaired) electrons. The number of benzene rings is 2. The lowest BCUT2D eigenvalue weighted by Gasteiger charge is -2.31. The lowest BCUT2D eigenvalue weighted by atomic mass is 10.1. The van der Waals surface area contributed by atoms with Crippen LogP contribution < -0.4 is 0 Å². The number of carbonyl (C=O) groups excluding carboxylic acids is 1. The number of carbonyl (C=O) groups is 1. The zero-order valence-electron chi connectivity index (χ0n) is 17.7. The van der Waals surface area contributed by atoms with Crippen LogP contribution in [0.4, 0.5) is 0 Å². The zero-order chi connectivity index (χ0) is 20.9. The quantitative estimate of drug-likeness (QED) is 0.614. The van der Waals surface area contributed by atoms with E-state index in [1.165, 1.54) is 11.1 Å². The molecule has 5 nitrogen and oxygen atoms in total. The number of nitrogens with zero attached hydrogens (tertiary/aromatic N) is 4. The van der Waals surface area contributed by atoms with E-state index in [9.17, 15) is 4.79 Å². The number of amides is 1. The van der Waals surface area contributed by atoms with Gasteiger partial charge >= 0.3 is 0 Å². The molecule has 0 unspecified atom stereocenters. The summed E-state index contributed by atoms with van der Waals surface area (Å²) in [5, 5.41) is 4.84. The van der Waals surface area contributed by atoms with Gasteiger partial charge in [-0.1, -0.05) is 60.2 Å². The second-order valence-corrected chi connectivity index (χ2v) is 7.94. The third-order valence-electron chi connectivity index (χ3n) is 5.52. The van der Waals surface area contributed by atoms with Gasteiger partial charge in [0.1, 0.15) is 0 Å². The van der Waals surface area contributed by atoms with Crippen molar-refractivity contribution in [3.05, 3.63) is 83.6 Å². The summed E-state index contributed by atoms with van der Waals surface area (Å²) >= 11 is 0. The van der Waals surface area contributed by atoms with Crippen molar-refractivity contribution in [2.75, 3.05) is 33.2 Å². The number of piperazine rings is 1. The maximum Gasteiger partial charge on any atom is 0.246 e. The summed E-state index contributed by atoms with van der Waals surface area (Å²) in [4.78, 5) is 16.8. The van der Waals surface area contributed by atoms with Crippen molar-refractivity contribution >= 4 is 12.0 Å². The van der Waals surface area contributed by atoms with Gasteiger partial charge in [0.2, 0.25) is 5.91 Å². The molecule has 0 spiro atoms. The predicted octanol–water partition coefficient (Wildman–Crippen LogP) is 3.69. The van der Waals surface area contributed by atoms with E-state index in [1.54, 1.807) is 6.08 Å². The maximum atomic E-state index is 12.7. The van der Waals surface area contributed by atoms with Crippen LogP contribution >= 0.6 is 0 Å². The average molecular weight is 401 g/mol. The first-order valence-corrected chi connectivity index (χ1v) is 10.4. The molecule has 0 N–H and O–H groups in total. The highest BCUT2D eigenvalue weighted by atomic mass is 16.2. The Morgan fingerprint density at radius 1 is 1.00 bits per heavy atom. The van der Waals surface area contributed by atoms with E-state index in [0.29, 0.717) is 6.54 Å². The van der Waals surface area contributed by atoms with Crippen molar-refractivity contribution in [1.29, 1.82) is 0 Å². The Morgan fingerprint density at radius 3 is 2.40 bits per heavy atom. The minimum absolute atomic E-state index is 0.0637. The van der Waals surface area contributed by atoms with Crippen molar-refractivity contribution in [3.63, 3.8) is 0 Å². The standard InChI is InChI=1S/C25H28N4O/c1-20-8-10-22(11-9-20)25-23(12-13-24(30)28-16-14-27(2)15-17-28)19-29(26-25)18-21-6-4-3-5-7-21/h3-13,19H,14-18H2,1-2H3/b13-12+. The van der Waals surface area contributed by atoms with Crippen LogP contribution in [-0.2, 0) is 11.3 Å². The molecule has 0 bridgehead atoms. The van der Waals surface area contributed by atoms with Crippen LogP contribution in [0.2, 0.25) is 0 Å². The highest BCUT2D eigenvalue weighted by Gasteiger charge is 2.17. The molecule has 0 aliphatic carbocycles. The van der Waals surface area contributed by atoms with Crippen LogP contribution in [0.1, 0.15) is 16.7 Å². The van der Waals surface area contributed by atoms with Gasteiger partial charge in [0.05, 0.1) is 12.2 Å². The molecule has 1 aliphatic rings. The van der Waals surface area contributed by atoms with Crippen molar-refractivity contribution in [2.45, 2.75) is 13.5 Å². The van der Waals surface area contributed by atoms with E-state index in [4.69, 9.17) is 5.10 Å². The molecule has 3 aromatic rings. The Bertz CT molecular complexity index is 1010. The van der Waals surface area contributed by atoms with E-state index in [1.807, 2.05) is 40.1 Å². The molecule has 2 aromatic carbocycles. The van der Waals surface area contributed by atoms with Gasteiger partial charge in [0, 0.05) is 49.6 Å². The summed E-state index contributed by atoms with van der Waals surface area (Å²) in [6.07, 6.45) is 5.62. The third kappa shape index (κ3) is 4.86. The van der Waals surface area contributed by atoms with Gasteiger partial charge in [0.15, 0.2) is 0 Å². The zero-order valence-corrected chi connectivity index (χ0v) is 17.7. The van der Waals surface area contributed by atoms with E-state index < -0.39 is 0 Å². The normalized spacial score (nSPS) is 15.1. The third-order valence-corrected chi connectivity index (χ3v) is 5.52. The van der Waals surface area contributed by atoms with Crippen LogP contribution in [0.25, 0.3) is 17.3 Å². The van der Waals surface area contributed by atoms with E-state index >= 15 is 0 Å². The molecule has 0 saturated carbocycles. The Kier molecular flexibility index (Phi) is 6.10. The molecule has 2 heterocycles. The monoisotopic (exact) mass is 400 g/mol. The van der Waals surface area contributed by atoms with Gasteiger partial charge in [-0.15, -0.1) is 0 Å². The summed E-state index contributed by atoms with van der Waals surface area (Å²) in [6.45, 7) is 6.16. The first-order valence-electron chi connectivity index (χ1n) is 10.4. The van der Waals surface area contributed by atoms with Crippen molar-refractivity contribution < 1.29 is 4.79 Å². The fourth-order valence-corrected chi connectivity index (χ4v) is 3.64. The van der Waals surface area contributed by atoms with Gasteiger partial charge in [-0.05, 0) is 25.6 Å². The summed E-state index contributed by atoms with van der Waals surface area (Å²) in [7, 11) is 2.09. The molecule has 1 amide bonds. The average Bonchev–Trinajstić information content (AvgIpc) is 3.16. The Labute approximate surface area is 178 Å². The summed E-state index contributed by atoms with van der Waals surface area (Å²) in [6, 6.07) is 18.6. The summed E-state index contributed by atoms with van der Waals surface area (Å²) in [5.41, 5.74) is 5.31. The van der Waals surface area contributed by atoms with Gasteiger partial charge in [-0.25, -0.2) is 0 Å². The Hall–Kier alpha value is -3.18. The van der Waals surface area contributed by atoms with Crippen LogP contribution in [0.3, 0.4) is 0 Å². The molecule has 1 aromatic heterocycles. The first-order chi connectivity index (χ1) is 14.6. The molecule has 1 fully saturated rings. The van der Waals surface area contributed by atoms with Gasteiger partial charge in [0.25, 0.3) is 0 Å². The molecule has 30 heavy (non-hydrogen) atoms. The van der Waals surface area contributed by atoms with Gasteiger partial charge in [-0.3, -0.25) is 9.48 Å². The topological polar surface area (TPSA) is 41.4 Å².